The second-order valence-electron chi connectivity index (χ2n) is 6.23. The average Bonchev–Trinajstić information content (AvgIpc) is 2.91. The maximum atomic E-state index is 12.6. The molecule has 0 bridgehead atoms. The third kappa shape index (κ3) is 3.78. The van der Waals surface area contributed by atoms with Gasteiger partial charge in [-0.15, -0.1) is 0 Å². The lowest BCUT2D eigenvalue weighted by atomic mass is 10.0. The number of rotatable bonds is 6. The Morgan fingerprint density at radius 1 is 1.28 bits per heavy atom. The van der Waals surface area contributed by atoms with Gasteiger partial charge in [0.1, 0.15) is 6.04 Å². The standard InChI is InChI=1S/C18H22N4O3/c19-7-1-2-8-20-10-12-3-4-14-13(9-12)11-22(18(14)25)15-5-6-16(23)21-17(15)24/h1-4,9,15,20H,5-8,10-11,19H2,(H,21,23,24)/b2-1-. The maximum absolute atomic E-state index is 12.6. The van der Waals surface area contributed by atoms with Crippen LogP contribution in [0.3, 0.4) is 0 Å². The molecule has 7 heteroatoms. The summed E-state index contributed by atoms with van der Waals surface area (Å²) in [5, 5.41) is 5.60. The molecule has 1 aromatic carbocycles. The molecule has 2 aliphatic heterocycles. The molecule has 132 valence electrons. The Labute approximate surface area is 146 Å². The summed E-state index contributed by atoms with van der Waals surface area (Å²) in [6, 6.07) is 5.17. The number of hydrogen-bond donors (Lipinski definition) is 3. The fraction of sp³-hybridized carbons (Fsp3) is 0.389. The highest BCUT2D eigenvalue weighted by atomic mass is 16.2. The molecule has 3 amide bonds. The van der Waals surface area contributed by atoms with Crippen molar-refractivity contribution < 1.29 is 14.4 Å². The lowest BCUT2D eigenvalue weighted by Gasteiger charge is -2.29. The van der Waals surface area contributed by atoms with E-state index in [1.165, 1.54) is 0 Å². The third-order valence-corrected chi connectivity index (χ3v) is 4.48. The van der Waals surface area contributed by atoms with E-state index in [0.29, 0.717) is 31.6 Å². The number of carbonyl (C=O) groups is 3. The van der Waals surface area contributed by atoms with Crippen molar-refractivity contribution in [2.24, 2.45) is 5.73 Å². The number of imide groups is 1. The highest BCUT2D eigenvalue weighted by molar-refractivity contribution is 6.05. The summed E-state index contributed by atoms with van der Waals surface area (Å²) in [5.41, 5.74) is 8.03. The van der Waals surface area contributed by atoms with Gasteiger partial charge in [0.05, 0.1) is 0 Å². The molecule has 1 saturated heterocycles. The van der Waals surface area contributed by atoms with Crippen molar-refractivity contribution in [3.05, 3.63) is 47.0 Å². The third-order valence-electron chi connectivity index (χ3n) is 4.48. The fourth-order valence-corrected chi connectivity index (χ4v) is 3.22. The summed E-state index contributed by atoms with van der Waals surface area (Å²) in [7, 11) is 0. The number of benzene rings is 1. The van der Waals surface area contributed by atoms with Crippen molar-refractivity contribution in [1.29, 1.82) is 0 Å². The van der Waals surface area contributed by atoms with Crippen LogP contribution >= 0.6 is 0 Å². The highest BCUT2D eigenvalue weighted by Crippen LogP contribution is 2.28. The summed E-state index contributed by atoms with van der Waals surface area (Å²) >= 11 is 0. The van der Waals surface area contributed by atoms with Crippen LogP contribution in [0.1, 0.15) is 34.3 Å². The van der Waals surface area contributed by atoms with Gasteiger partial charge in [0.25, 0.3) is 5.91 Å². The van der Waals surface area contributed by atoms with E-state index in [4.69, 9.17) is 5.73 Å². The van der Waals surface area contributed by atoms with Crippen LogP contribution in [0.4, 0.5) is 0 Å². The normalized spacial score (nSPS) is 20.3. The smallest absolute Gasteiger partial charge is 0.255 e. The molecule has 1 fully saturated rings. The summed E-state index contributed by atoms with van der Waals surface area (Å²) in [6.07, 6.45) is 4.52. The van der Waals surface area contributed by atoms with Gasteiger partial charge in [-0.25, -0.2) is 0 Å². The average molecular weight is 342 g/mol. The zero-order valence-electron chi connectivity index (χ0n) is 14.0. The molecule has 3 rings (SSSR count). The summed E-state index contributed by atoms with van der Waals surface area (Å²) < 4.78 is 0. The first kappa shape index (κ1) is 17.3. The van der Waals surface area contributed by atoms with Crippen molar-refractivity contribution in [3.63, 3.8) is 0 Å². The van der Waals surface area contributed by atoms with Crippen LogP contribution in [0.25, 0.3) is 0 Å². The molecule has 0 aromatic heterocycles. The first-order valence-corrected chi connectivity index (χ1v) is 8.42. The second kappa shape index (κ2) is 7.58. The quantitative estimate of drug-likeness (QED) is 0.385. The van der Waals surface area contributed by atoms with E-state index in [-0.39, 0.29) is 24.1 Å². The lowest BCUT2D eigenvalue weighted by molar-refractivity contribution is -0.136. The number of nitrogens with zero attached hydrogens (tertiary/aromatic N) is 1. The molecular weight excluding hydrogens is 320 g/mol. The van der Waals surface area contributed by atoms with E-state index in [1.807, 2.05) is 30.4 Å². The minimum Gasteiger partial charge on any atom is -0.327 e. The largest absolute Gasteiger partial charge is 0.327 e. The van der Waals surface area contributed by atoms with Crippen molar-refractivity contribution in [1.82, 2.24) is 15.5 Å². The summed E-state index contributed by atoms with van der Waals surface area (Å²) in [6.45, 7) is 2.35. The molecule has 2 heterocycles. The Bertz CT molecular complexity index is 729. The Morgan fingerprint density at radius 3 is 2.88 bits per heavy atom. The number of carbonyl (C=O) groups excluding carboxylic acids is 3. The van der Waals surface area contributed by atoms with Crippen LogP contribution in [0.2, 0.25) is 0 Å². The maximum Gasteiger partial charge on any atom is 0.255 e. The predicted molar refractivity (Wildman–Crippen MR) is 92.4 cm³/mol. The van der Waals surface area contributed by atoms with Gasteiger partial charge in [0.2, 0.25) is 11.8 Å². The van der Waals surface area contributed by atoms with Crippen LogP contribution < -0.4 is 16.4 Å². The highest BCUT2D eigenvalue weighted by Gasteiger charge is 2.38. The Kier molecular flexibility index (Phi) is 5.25. The van der Waals surface area contributed by atoms with Gasteiger partial charge in [0.15, 0.2) is 0 Å². The van der Waals surface area contributed by atoms with Gasteiger partial charge in [0, 0.05) is 38.2 Å². The molecule has 7 nitrogen and oxygen atoms in total. The number of nitrogens with two attached hydrogens (primary N) is 1. The molecule has 25 heavy (non-hydrogen) atoms. The molecule has 0 spiro atoms. The van der Waals surface area contributed by atoms with Crippen molar-refractivity contribution in [2.45, 2.75) is 32.0 Å². The Balaban J connectivity index is 1.66. The monoisotopic (exact) mass is 342 g/mol. The van der Waals surface area contributed by atoms with Crippen molar-refractivity contribution in [3.8, 4) is 0 Å². The van der Waals surface area contributed by atoms with Crippen LogP contribution in [0, 0.1) is 0 Å². The number of nitrogens with one attached hydrogen (secondary N) is 2. The fourth-order valence-electron chi connectivity index (χ4n) is 3.22. The van der Waals surface area contributed by atoms with E-state index in [1.54, 1.807) is 4.90 Å². The van der Waals surface area contributed by atoms with E-state index < -0.39 is 6.04 Å². The first-order valence-electron chi connectivity index (χ1n) is 8.42. The molecule has 0 aliphatic carbocycles. The summed E-state index contributed by atoms with van der Waals surface area (Å²) in [4.78, 5) is 37.5. The van der Waals surface area contributed by atoms with Gasteiger partial charge in [-0.2, -0.15) is 0 Å². The molecule has 0 saturated carbocycles. The van der Waals surface area contributed by atoms with E-state index in [9.17, 15) is 14.4 Å². The minimum atomic E-state index is -0.569. The molecule has 1 atom stereocenters. The first-order chi connectivity index (χ1) is 12.1. The van der Waals surface area contributed by atoms with Gasteiger partial charge in [-0.1, -0.05) is 24.3 Å². The molecule has 0 radical (unpaired) electrons. The number of fused-ring (bicyclic) bond motifs is 1. The number of hydrogen-bond acceptors (Lipinski definition) is 5. The topological polar surface area (TPSA) is 105 Å². The number of amides is 3. The van der Waals surface area contributed by atoms with Gasteiger partial charge in [-0.05, 0) is 23.6 Å². The number of piperidine rings is 1. The van der Waals surface area contributed by atoms with Crippen molar-refractivity contribution >= 4 is 17.7 Å². The van der Waals surface area contributed by atoms with Crippen LogP contribution in [0.15, 0.2) is 30.4 Å². The molecule has 2 aliphatic rings. The van der Waals surface area contributed by atoms with Crippen LogP contribution in [0.5, 0.6) is 0 Å². The zero-order valence-corrected chi connectivity index (χ0v) is 14.0. The van der Waals surface area contributed by atoms with E-state index in [2.05, 4.69) is 10.6 Å². The molecular formula is C18H22N4O3. The van der Waals surface area contributed by atoms with Crippen molar-refractivity contribution in [2.75, 3.05) is 13.1 Å². The van der Waals surface area contributed by atoms with Gasteiger partial charge >= 0.3 is 0 Å². The lowest BCUT2D eigenvalue weighted by Crippen LogP contribution is -2.52. The van der Waals surface area contributed by atoms with E-state index in [0.717, 1.165) is 17.7 Å². The minimum absolute atomic E-state index is 0.144. The molecule has 1 unspecified atom stereocenters. The predicted octanol–water partition coefficient (Wildman–Crippen LogP) is 0.0521. The Hall–Kier alpha value is -2.51. The van der Waals surface area contributed by atoms with Gasteiger partial charge in [-0.3, -0.25) is 19.7 Å². The van der Waals surface area contributed by atoms with Crippen LogP contribution in [-0.4, -0.2) is 41.8 Å². The van der Waals surface area contributed by atoms with Crippen LogP contribution in [-0.2, 0) is 22.7 Å². The van der Waals surface area contributed by atoms with E-state index >= 15 is 0 Å². The SMILES string of the molecule is NC/C=C\CNCc1ccc2c(c1)CN(C1CCC(=O)NC1=O)C2=O. The zero-order chi connectivity index (χ0) is 17.8. The molecule has 4 N–H and O–H groups in total. The molecule has 1 aromatic rings. The second-order valence-corrected chi connectivity index (χ2v) is 6.23. The van der Waals surface area contributed by atoms with Gasteiger partial charge < -0.3 is 16.0 Å². The Morgan fingerprint density at radius 2 is 2.12 bits per heavy atom. The summed E-state index contributed by atoms with van der Waals surface area (Å²) in [5.74, 6) is -0.802.